The number of carbonyl (C=O) groups excluding carboxylic acids is 4. The smallest absolute Gasteiger partial charge is 0.462 e. The Morgan fingerprint density at radius 3 is 0.847 bits per heavy atom. The second-order valence-electron chi connectivity index (χ2n) is 26.3. The van der Waals surface area contributed by atoms with Crippen molar-refractivity contribution in [2.45, 2.75) is 367 Å². The second-order valence-corrected chi connectivity index (χ2v) is 29.2. The number of carbonyl (C=O) groups is 4. The minimum atomic E-state index is -4.98. The molecule has 0 aromatic carbocycles. The zero-order valence-electron chi connectivity index (χ0n) is 62.2. The van der Waals surface area contributed by atoms with Crippen molar-refractivity contribution >= 4 is 39.5 Å². The number of phosphoric ester groups is 2. The van der Waals surface area contributed by atoms with Crippen molar-refractivity contribution in [3.63, 3.8) is 0 Å². The molecule has 0 aliphatic carbocycles. The van der Waals surface area contributed by atoms with Crippen LogP contribution < -0.4 is 0 Å². The lowest BCUT2D eigenvalue weighted by atomic mass is 10.0. The Kier molecular flexibility index (Phi) is 69.3. The SMILES string of the molecule is CCCCC/C=C\C/C=C\CCCCCCCC(=O)OC[C@H](COP(=O)(O)OC[C@H](O)COP(=O)(O)OC[C@@H](COC(=O)CCCCCCC/C=C\C=C/CCCCCC)OC(=O)CCCCCCC/C=C\C/C=C\CCCCC)OC(=O)CCCCCCCCCCCCCCC. The van der Waals surface area contributed by atoms with Gasteiger partial charge in [-0.1, -0.05) is 280 Å². The van der Waals surface area contributed by atoms with Gasteiger partial charge < -0.3 is 33.8 Å². The van der Waals surface area contributed by atoms with Crippen molar-refractivity contribution in [1.29, 1.82) is 0 Å². The molecule has 570 valence electrons. The third kappa shape index (κ3) is 70.9. The number of esters is 4. The molecule has 17 nitrogen and oxygen atoms in total. The molecule has 0 bridgehead atoms. The molecule has 5 atom stereocenters. The zero-order chi connectivity index (χ0) is 71.8. The molecule has 19 heteroatoms. The Balaban J connectivity index is 5.36. The molecule has 0 heterocycles. The highest BCUT2D eigenvalue weighted by Gasteiger charge is 2.30. The van der Waals surface area contributed by atoms with Crippen molar-refractivity contribution in [3.05, 3.63) is 72.9 Å². The lowest BCUT2D eigenvalue weighted by molar-refractivity contribution is -0.161. The molecule has 0 rings (SSSR count). The largest absolute Gasteiger partial charge is 0.472 e. The van der Waals surface area contributed by atoms with Crippen LogP contribution in [0.5, 0.6) is 0 Å². The number of unbranched alkanes of at least 4 members (excludes halogenated alkanes) is 37. The Hall–Kier alpha value is -3.50. The average Bonchev–Trinajstić information content (AvgIpc) is 0.959. The minimum absolute atomic E-state index is 0.0778. The van der Waals surface area contributed by atoms with Gasteiger partial charge in [0, 0.05) is 25.7 Å². The van der Waals surface area contributed by atoms with Crippen LogP contribution in [-0.2, 0) is 65.4 Å². The monoisotopic (exact) mass is 1420 g/mol. The molecule has 98 heavy (non-hydrogen) atoms. The molecule has 0 aromatic heterocycles. The fraction of sp³-hybridized carbons (Fsp3) is 0.797. The summed E-state index contributed by atoms with van der Waals surface area (Å²) in [5, 5.41) is 10.6. The van der Waals surface area contributed by atoms with Crippen molar-refractivity contribution in [3.8, 4) is 0 Å². The third-order valence-electron chi connectivity index (χ3n) is 16.7. The van der Waals surface area contributed by atoms with Crippen LogP contribution in [0.15, 0.2) is 72.9 Å². The Bertz CT molecular complexity index is 2140. The molecule has 0 spiro atoms. The molecule has 2 unspecified atom stereocenters. The third-order valence-corrected chi connectivity index (χ3v) is 18.6. The van der Waals surface area contributed by atoms with E-state index in [1.165, 1.54) is 116 Å². The lowest BCUT2D eigenvalue weighted by Gasteiger charge is -2.21. The first-order valence-electron chi connectivity index (χ1n) is 39.2. The fourth-order valence-corrected chi connectivity index (χ4v) is 12.2. The summed E-state index contributed by atoms with van der Waals surface area (Å²) >= 11 is 0. The predicted octanol–water partition coefficient (Wildman–Crippen LogP) is 22.4. The summed E-state index contributed by atoms with van der Waals surface area (Å²) in [5.74, 6) is -2.20. The van der Waals surface area contributed by atoms with Gasteiger partial charge in [0.25, 0.3) is 0 Å². The van der Waals surface area contributed by atoms with Gasteiger partial charge in [-0.15, -0.1) is 0 Å². The topological polar surface area (TPSA) is 237 Å². The summed E-state index contributed by atoms with van der Waals surface area (Å²) in [5.41, 5.74) is 0. The summed E-state index contributed by atoms with van der Waals surface area (Å²) in [7, 11) is -9.95. The number of ether oxygens (including phenoxy) is 4. The van der Waals surface area contributed by atoms with E-state index in [1.807, 2.05) is 0 Å². The maximum atomic E-state index is 13.1. The van der Waals surface area contributed by atoms with Gasteiger partial charge >= 0.3 is 39.5 Å². The van der Waals surface area contributed by atoms with Crippen molar-refractivity contribution < 1.29 is 80.2 Å². The lowest BCUT2D eigenvalue weighted by Crippen LogP contribution is -2.30. The van der Waals surface area contributed by atoms with Gasteiger partial charge in [-0.05, 0) is 116 Å². The van der Waals surface area contributed by atoms with Crippen molar-refractivity contribution in [1.82, 2.24) is 0 Å². The molecule has 0 radical (unpaired) electrons. The van der Waals surface area contributed by atoms with Gasteiger partial charge in [-0.2, -0.15) is 0 Å². The highest BCUT2D eigenvalue weighted by Crippen LogP contribution is 2.45. The van der Waals surface area contributed by atoms with Gasteiger partial charge in [0.15, 0.2) is 12.2 Å². The number of phosphoric acid groups is 2. The number of rotatable bonds is 74. The summed E-state index contributed by atoms with van der Waals surface area (Å²) in [6, 6.07) is 0. The molecular weight excluding hydrogens is 1280 g/mol. The number of hydrogen-bond acceptors (Lipinski definition) is 15. The number of aliphatic hydroxyl groups excluding tert-OH is 1. The first-order valence-corrected chi connectivity index (χ1v) is 42.2. The maximum Gasteiger partial charge on any atom is 0.472 e. The van der Waals surface area contributed by atoms with Crippen LogP contribution in [0.3, 0.4) is 0 Å². The van der Waals surface area contributed by atoms with E-state index in [2.05, 4.69) is 101 Å². The zero-order valence-corrected chi connectivity index (χ0v) is 64.0. The summed E-state index contributed by atoms with van der Waals surface area (Å²) in [4.78, 5) is 72.9. The molecule has 0 saturated heterocycles. The standard InChI is InChI=1S/C79H142O17P2/c1-5-9-13-17-21-25-29-33-36-40-43-47-51-55-59-63-76(81)89-69-74(95-78(83)65-61-57-53-49-45-39-32-28-24-20-16-12-8-4)71-93-97(85,86)91-67-73(80)68-92-98(87,88)94-72-75(96-79(84)66-62-58-54-50-46-42-38-35-31-27-23-19-15-11-7-3)70-90-77(82)64-60-56-52-48-44-41-37-34-30-26-22-18-14-10-6-2/h21,23,25-27,30,33-38,73-75,80H,5-20,22,24,28-29,31-32,39-72H2,1-4H3,(H,85,86)(H,87,88)/b25-21-,27-23-,30-26-,36-33-,37-34-,38-35-/t73-,74+,75+/m0/s1. The van der Waals surface area contributed by atoms with Crippen LogP contribution in [0.4, 0.5) is 0 Å². The Morgan fingerprint density at radius 2 is 0.531 bits per heavy atom. The summed E-state index contributed by atoms with van der Waals surface area (Å²) in [6.45, 7) is 4.80. The molecule has 0 saturated carbocycles. The van der Waals surface area contributed by atoms with Crippen molar-refractivity contribution in [2.75, 3.05) is 39.6 Å². The molecule has 0 fully saturated rings. The second kappa shape index (κ2) is 71.9. The predicted molar refractivity (Wildman–Crippen MR) is 400 cm³/mol. The van der Waals surface area contributed by atoms with Gasteiger partial charge in [-0.25, -0.2) is 9.13 Å². The first-order chi connectivity index (χ1) is 47.7. The van der Waals surface area contributed by atoms with Crippen LogP contribution in [-0.4, -0.2) is 96.7 Å². The Morgan fingerprint density at radius 1 is 0.296 bits per heavy atom. The van der Waals surface area contributed by atoms with Gasteiger partial charge in [0.2, 0.25) is 0 Å². The summed E-state index contributed by atoms with van der Waals surface area (Å²) < 4.78 is 68.5. The number of allylic oxidation sites excluding steroid dienone is 12. The van der Waals surface area contributed by atoms with E-state index in [0.29, 0.717) is 25.7 Å². The molecule has 0 aromatic rings. The van der Waals surface area contributed by atoms with E-state index in [9.17, 15) is 43.2 Å². The van der Waals surface area contributed by atoms with Gasteiger partial charge in [0.1, 0.15) is 19.3 Å². The highest BCUT2D eigenvalue weighted by molar-refractivity contribution is 7.47. The quantitative estimate of drug-likeness (QED) is 0.0128. The van der Waals surface area contributed by atoms with Crippen LogP contribution in [0.25, 0.3) is 0 Å². The fourth-order valence-electron chi connectivity index (χ4n) is 10.6. The molecular formula is C79H142O17P2. The summed E-state index contributed by atoms with van der Waals surface area (Å²) in [6.07, 6.45) is 71.6. The van der Waals surface area contributed by atoms with Gasteiger partial charge in [0.05, 0.1) is 26.4 Å². The van der Waals surface area contributed by atoms with E-state index in [4.69, 9.17) is 37.0 Å². The molecule has 3 N–H and O–H groups in total. The number of aliphatic hydroxyl groups is 1. The molecule has 0 amide bonds. The van der Waals surface area contributed by atoms with Crippen molar-refractivity contribution in [2.24, 2.45) is 0 Å². The van der Waals surface area contributed by atoms with E-state index >= 15 is 0 Å². The highest BCUT2D eigenvalue weighted by atomic mass is 31.2. The van der Waals surface area contributed by atoms with Crippen LogP contribution >= 0.6 is 15.6 Å². The normalized spacial score (nSPS) is 14.3. The molecule has 0 aliphatic rings. The maximum absolute atomic E-state index is 13.1. The van der Waals surface area contributed by atoms with Crippen LogP contribution in [0.2, 0.25) is 0 Å². The van der Waals surface area contributed by atoms with E-state index in [-0.39, 0.29) is 25.7 Å². The Labute approximate surface area is 596 Å². The van der Waals surface area contributed by atoms with E-state index in [1.54, 1.807) is 0 Å². The first kappa shape index (κ1) is 94.5. The van der Waals surface area contributed by atoms with Crippen LogP contribution in [0, 0.1) is 0 Å². The van der Waals surface area contributed by atoms with E-state index in [0.717, 1.165) is 154 Å². The molecule has 0 aliphatic heterocycles. The average molecular weight is 1430 g/mol. The number of hydrogen-bond donors (Lipinski definition) is 3. The van der Waals surface area contributed by atoms with E-state index < -0.39 is 97.5 Å². The minimum Gasteiger partial charge on any atom is -0.462 e. The van der Waals surface area contributed by atoms with Crippen LogP contribution in [0.1, 0.15) is 349 Å². The van der Waals surface area contributed by atoms with Gasteiger partial charge in [-0.3, -0.25) is 37.3 Å².